The largest absolute Gasteiger partial charge is 0.444 e. The lowest BCUT2D eigenvalue weighted by atomic mass is 9.73. The smallest absolute Gasteiger partial charge is 0.410 e. The van der Waals surface area contributed by atoms with Gasteiger partial charge >= 0.3 is 6.09 Å². The summed E-state index contributed by atoms with van der Waals surface area (Å²) in [7, 11) is 0. The van der Waals surface area contributed by atoms with E-state index in [1.807, 2.05) is 20.8 Å². The molecule has 2 rings (SSSR count). The first-order valence-electron chi connectivity index (χ1n) is 7.35. The van der Waals surface area contributed by atoms with Crippen LogP contribution in [0.3, 0.4) is 0 Å². The lowest BCUT2D eigenvalue weighted by Crippen LogP contribution is -2.65. The molecule has 0 aliphatic carbocycles. The predicted octanol–water partition coefficient (Wildman–Crippen LogP) is 0.439. The van der Waals surface area contributed by atoms with Crippen molar-refractivity contribution in [2.75, 3.05) is 26.2 Å². The fraction of sp³-hybridized carbons (Fsp3) is 0.929. The average molecular weight is 285 g/mol. The second-order valence-corrected chi connectivity index (χ2v) is 7.09. The Balaban J connectivity index is 2.02. The standard InChI is InChI=1S/C14H27N3O3/c1-12(2,3)20-11(18)17-9-6-14(19,10-17)13(15)4-7-16-8-5-13/h16,19H,4-10,15H2,1-3H3. The summed E-state index contributed by atoms with van der Waals surface area (Å²) < 4.78 is 5.36. The van der Waals surface area contributed by atoms with E-state index < -0.39 is 16.7 Å². The van der Waals surface area contributed by atoms with Crippen molar-refractivity contribution < 1.29 is 14.6 Å². The van der Waals surface area contributed by atoms with Gasteiger partial charge in [0.05, 0.1) is 6.54 Å². The van der Waals surface area contributed by atoms with Crippen molar-refractivity contribution in [2.24, 2.45) is 5.73 Å². The Labute approximate surface area is 120 Å². The van der Waals surface area contributed by atoms with Gasteiger partial charge in [-0.15, -0.1) is 0 Å². The molecule has 1 unspecified atom stereocenters. The first kappa shape index (κ1) is 15.5. The number of rotatable bonds is 1. The molecule has 1 amide bonds. The fourth-order valence-electron chi connectivity index (χ4n) is 3.02. The maximum atomic E-state index is 12.1. The van der Waals surface area contributed by atoms with Gasteiger partial charge < -0.3 is 25.8 Å². The van der Waals surface area contributed by atoms with Gasteiger partial charge in [0.15, 0.2) is 0 Å². The highest BCUT2D eigenvalue weighted by molar-refractivity contribution is 5.68. The number of aliphatic hydroxyl groups is 1. The molecule has 116 valence electrons. The Morgan fingerprint density at radius 1 is 1.30 bits per heavy atom. The van der Waals surface area contributed by atoms with Crippen LogP contribution < -0.4 is 11.1 Å². The lowest BCUT2D eigenvalue weighted by Gasteiger charge is -2.45. The molecule has 2 aliphatic heterocycles. The molecule has 1 atom stereocenters. The Hall–Kier alpha value is -0.850. The van der Waals surface area contributed by atoms with Crippen molar-refractivity contribution in [3.63, 3.8) is 0 Å². The van der Waals surface area contributed by atoms with E-state index in [0.717, 1.165) is 25.9 Å². The van der Waals surface area contributed by atoms with Crippen LogP contribution in [0.25, 0.3) is 0 Å². The zero-order valence-electron chi connectivity index (χ0n) is 12.7. The number of amides is 1. The molecule has 0 spiro atoms. The second-order valence-electron chi connectivity index (χ2n) is 7.09. The number of hydrogen-bond donors (Lipinski definition) is 3. The zero-order chi connectivity index (χ0) is 15.0. The summed E-state index contributed by atoms with van der Waals surface area (Å²) >= 11 is 0. The SMILES string of the molecule is CC(C)(C)OC(=O)N1CCC(O)(C2(N)CCNCC2)C1. The van der Waals surface area contributed by atoms with Crippen molar-refractivity contribution >= 4 is 6.09 Å². The number of nitrogens with zero attached hydrogens (tertiary/aromatic N) is 1. The highest BCUT2D eigenvalue weighted by Gasteiger charge is 2.52. The highest BCUT2D eigenvalue weighted by atomic mass is 16.6. The molecule has 4 N–H and O–H groups in total. The van der Waals surface area contributed by atoms with Crippen LogP contribution in [0.2, 0.25) is 0 Å². The average Bonchev–Trinajstić information content (AvgIpc) is 2.73. The van der Waals surface area contributed by atoms with E-state index in [2.05, 4.69) is 5.32 Å². The number of hydrogen-bond acceptors (Lipinski definition) is 5. The van der Waals surface area contributed by atoms with Crippen LogP contribution in [0.5, 0.6) is 0 Å². The monoisotopic (exact) mass is 285 g/mol. The van der Waals surface area contributed by atoms with Gasteiger partial charge in [-0.05, 0) is 53.1 Å². The Bertz CT molecular complexity index is 374. The minimum atomic E-state index is -1.01. The molecular weight excluding hydrogens is 258 g/mol. The fourth-order valence-corrected chi connectivity index (χ4v) is 3.02. The van der Waals surface area contributed by atoms with Gasteiger partial charge in [-0.1, -0.05) is 0 Å². The molecule has 0 saturated carbocycles. The summed E-state index contributed by atoms with van der Waals surface area (Å²) in [6, 6.07) is 0. The molecule has 0 radical (unpaired) electrons. The molecule has 2 aliphatic rings. The third kappa shape index (κ3) is 3.07. The number of ether oxygens (including phenoxy) is 1. The van der Waals surface area contributed by atoms with Gasteiger partial charge in [0.1, 0.15) is 11.2 Å². The van der Waals surface area contributed by atoms with Crippen molar-refractivity contribution in [3.8, 4) is 0 Å². The predicted molar refractivity (Wildman–Crippen MR) is 76.4 cm³/mol. The van der Waals surface area contributed by atoms with E-state index in [1.54, 1.807) is 4.90 Å². The van der Waals surface area contributed by atoms with Gasteiger partial charge in [-0.25, -0.2) is 4.79 Å². The van der Waals surface area contributed by atoms with Crippen LogP contribution in [-0.2, 0) is 4.74 Å². The number of nitrogens with two attached hydrogens (primary N) is 1. The van der Waals surface area contributed by atoms with Crippen molar-refractivity contribution in [1.29, 1.82) is 0 Å². The Morgan fingerprint density at radius 3 is 2.45 bits per heavy atom. The van der Waals surface area contributed by atoms with E-state index in [9.17, 15) is 9.90 Å². The molecule has 6 nitrogen and oxygen atoms in total. The summed E-state index contributed by atoms with van der Waals surface area (Å²) in [5.74, 6) is 0. The zero-order valence-corrected chi connectivity index (χ0v) is 12.7. The summed E-state index contributed by atoms with van der Waals surface area (Å²) in [5, 5.41) is 14.1. The molecule has 0 aromatic carbocycles. The number of piperidine rings is 1. The van der Waals surface area contributed by atoms with E-state index >= 15 is 0 Å². The van der Waals surface area contributed by atoms with E-state index in [-0.39, 0.29) is 12.6 Å². The maximum absolute atomic E-state index is 12.1. The topological polar surface area (TPSA) is 87.8 Å². The number of β-amino-alcohol motifs (C(OH)–C–C–N with tert-alkyl or cyclic N) is 1. The molecule has 0 aromatic rings. The number of carbonyl (C=O) groups excluding carboxylic acids is 1. The van der Waals surface area contributed by atoms with Gasteiger partial charge in [-0.2, -0.15) is 0 Å². The third-order valence-electron chi connectivity index (χ3n) is 4.32. The molecule has 0 bridgehead atoms. The molecule has 0 aromatic heterocycles. The van der Waals surface area contributed by atoms with Crippen molar-refractivity contribution in [3.05, 3.63) is 0 Å². The van der Waals surface area contributed by atoms with E-state index in [1.165, 1.54) is 0 Å². The van der Waals surface area contributed by atoms with Gasteiger partial charge in [0.25, 0.3) is 0 Å². The molecule has 6 heteroatoms. The van der Waals surface area contributed by atoms with Crippen LogP contribution in [-0.4, -0.2) is 59.0 Å². The molecule has 20 heavy (non-hydrogen) atoms. The van der Waals surface area contributed by atoms with Crippen molar-refractivity contribution in [2.45, 2.75) is 56.8 Å². The van der Waals surface area contributed by atoms with Crippen molar-refractivity contribution in [1.82, 2.24) is 10.2 Å². The third-order valence-corrected chi connectivity index (χ3v) is 4.32. The number of carbonyl (C=O) groups is 1. The quantitative estimate of drug-likeness (QED) is 0.650. The normalized spacial score (nSPS) is 30.4. The summed E-state index contributed by atoms with van der Waals surface area (Å²) in [4.78, 5) is 13.6. The Morgan fingerprint density at radius 2 is 1.90 bits per heavy atom. The first-order chi connectivity index (χ1) is 9.15. The van der Waals surface area contributed by atoms with Crippen LogP contribution >= 0.6 is 0 Å². The maximum Gasteiger partial charge on any atom is 0.410 e. The summed E-state index contributed by atoms with van der Waals surface area (Å²) in [6.07, 6.45) is 1.60. The Kier molecular flexibility index (Phi) is 4.01. The first-order valence-corrected chi connectivity index (χ1v) is 7.35. The van der Waals surface area contributed by atoms with Gasteiger partial charge in [-0.3, -0.25) is 0 Å². The van der Waals surface area contributed by atoms with Crippen LogP contribution in [0.1, 0.15) is 40.0 Å². The van der Waals surface area contributed by atoms with Crippen LogP contribution in [0.15, 0.2) is 0 Å². The highest BCUT2D eigenvalue weighted by Crippen LogP contribution is 2.36. The van der Waals surface area contributed by atoms with E-state index in [0.29, 0.717) is 13.0 Å². The number of nitrogens with one attached hydrogen (secondary N) is 1. The second kappa shape index (κ2) is 5.16. The summed E-state index contributed by atoms with van der Waals surface area (Å²) in [5.41, 5.74) is 4.27. The van der Waals surface area contributed by atoms with Crippen LogP contribution in [0, 0.1) is 0 Å². The molecule has 2 saturated heterocycles. The van der Waals surface area contributed by atoms with Crippen LogP contribution in [0.4, 0.5) is 4.79 Å². The minimum absolute atomic E-state index is 0.262. The summed E-state index contributed by atoms with van der Waals surface area (Å²) in [6.45, 7) is 7.89. The molecule has 2 fully saturated rings. The molecular formula is C14H27N3O3. The minimum Gasteiger partial charge on any atom is -0.444 e. The number of likely N-dealkylation sites (tertiary alicyclic amines) is 1. The van der Waals surface area contributed by atoms with Gasteiger partial charge in [0.2, 0.25) is 0 Å². The molecule has 2 heterocycles. The lowest BCUT2D eigenvalue weighted by molar-refractivity contribution is -0.0421. The van der Waals surface area contributed by atoms with Gasteiger partial charge in [0, 0.05) is 12.1 Å². The van der Waals surface area contributed by atoms with E-state index in [4.69, 9.17) is 10.5 Å².